The van der Waals surface area contributed by atoms with Gasteiger partial charge in [0, 0.05) is 33.9 Å². The van der Waals surface area contributed by atoms with Gasteiger partial charge in [-0.3, -0.25) is 4.99 Å². The number of fused-ring (bicyclic) bond motifs is 9. The van der Waals surface area contributed by atoms with Crippen LogP contribution in [0.1, 0.15) is 23.1 Å². The summed E-state index contributed by atoms with van der Waals surface area (Å²) in [5, 5.41) is 9.69. The Bertz CT molecular complexity index is 3330. The molecule has 0 spiro atoms. The fourth-order valence-electron chi connectivity index (χ4n) is 8.94. The topological polar surface area (TPSA) is 25.5 Å². The van der Waals surface area contributed by atoms with Crippen molar-refractivity contribution in [1.29, 1.82) is 0 Å². The second-order valence-corrected chi connectivity index (χ2v) is 15.0. The Morgan fingerprint density at radius 2 is 1.00 bits per heavy atom. The van der Waals surface area contributed by atoms with E-state index in [-0.39, 0.29) is 0 Å². The minimum atomic E-state index is 0.687. The molecule has 0 bridgehead atoms. The molecular weight excluding hydrogens is 703 g/mol. The van der Waals surface area contributed by atoms with Gasteiger partial charge < -0.3 is 4.42 Å². The van der Waals surface area contributed by atoms with E-state index in [1.807, 2.05) is 6.08 Å². The summed E-state index contributed by atoms with van der Waals surface area (Å²) in [6.45, 7) is 4.37. The van der Waals surface area contributed by atoms with Gasteiger partial charge in [0.15, 0.2) is 0 Å². The van der Waals surface area contributed by atoms with Crippen LogP contribution in [-0.2, 0) is 0 Å². The Kier molecular flexibility index (Phi) is 8.08. The number of hydrogen-bond acceptors (Lipinski definition) is 2. The maximum Gasteiger partial charge on any atom is 0.143 e. The maximum absolute atomic E-state index is 6.78. The number of aliphatic imine (C=N–C) groups is 1. The Morgan fingerprint density at radius 3 is 1.72 bits per heavy atom. The van der Waals surface area contributed by atoms with Crippen molar-refractivity contribution >= 4 is 71.2 Å². The van der Waals surface area contributed by atoms with Crippen molar-refractivity contribution in [3.8, 4) is 22.3 Å². The molecule has 0 aliphatic carbocycles. The van der Waals surface area contributed by atoms with E-state index < -0.39 is 0 Å². The molecule has 0 N–H and O–H groups in total. The summed E-state index contributed by atoms with van der Waals surface area (Å²) >= 11 is 0. The van der Waals surface area contributed by atoms with Gasteiger partial charge in [-0.15, -0.1) is 0 Å². The van der Waals surface area contributed by atoms with Crippen LogP contribution < -0.4 is 0 Å². The normalized spacial score (nSPS) is 13.3. The van der Waals surface area contributed by atoms with Gasteiger partial charge in [-0.05, 0) is 96.0 Å². The SMILES string of the molecule is C=CC1=C(c2ccc3oc4c(-c5ccc6c7ccccc7c7ccccc7c6c5)cccc4c3c2)N=C(c2ccccc2)CC=C1c1cccc(-c2ccccc2)c1. The molecule has 1 aliphatic rings. The molecule has 0 radical (unpaired) electrons. The number of hydrogen-bond donors (Lipinski definition) is 0. The summed E-state index contributed by atoms with van der Waals surface area (Å²) in [5.41, 5.74) is 13.6. The van der Waals surface area contributed by atoms with Crippen LogP contribution in [0.2, 0.25) is 0 Å². The standard InChI is InChI=1S/C56H37NO/c1-2-42-43(39-20-13-19-38(33-39)36-15-5-3-6-16-36)30-31-53(37-17-7-4-8-18-37)57-55(42)41-28-32-54-52(35-41)50-26-14-25-44(56(50)58-54)40-27-29-49-47-23-10-9-21-45(47)46-22-11-12-24-48(46)51(49)34-40/h2-30,32-35H,1,31H2. The highest BCUT2D eigenvalue weighted by atomic mass is 16.3. The van der Waals surface area contributed by atoms with Gasteiger partial charge in [-0.25, -0.2) is 0 Å². The lowest BCUT2D eigenvalue weighted by molar-refractivity contribution is 0.670. The van der Waals surface area contributed by atoms with Crippen molar-refractivity contribution in [1.82, 2.24) is 0 Å². The lowest BCUT2D eigenvalue weighted by atomic mass is 9.91. The molecule has 0 amide bonds. The first-order valence-corrected chi connectivity index (χ1v) is 19.9. The fraction of sp³-hybridized carbons (Fsp3) is 0.0179. The third-order valence-corrected chi connectivity index (χ3v) is 11.7. The van der Waals surface area contributed by atoms with Gasteiger partial charge in [0.2, 0.25) is 0 Å². The summed E-state index contributed by atoms with van der Waals surface area (Å²) in [6, 6.07) is 67.1. The van der Waals surface area contributed by atoms with Gasteiger partial charge >= 0.3 is 0 Å². The second kappa shape index (κ2) is 13.9. The average Bonchev–Trinajstić information content (AvgIpc) is 3.56. The minimum absolute atomic E-state index is 0.687. The molecule has 9 aromatic carbocycles. The van der Waals surface area contributed by atoms with Gasteiger partial charge in [0.1, 0.15) is 11.2 Å². The number of rotatable bonds is 6. The van der Waals surface area contributed by atoms with Crippen LogP contribution in [0.25, 0.3) is 87.8 Å². The number of benzene rings is 9. The molecule has 0 atom stereocenters. The van der Waals surface area contributed by atoms with Gasteiger partial charge in [-0.1, -0.05) is 176 Å². The molecule has 0 fully saturated rings. The van der Waals surface area contributed by atoms with Gasteiger partial charge in [0.05, 0.1) is 11.4 Å². The van der Waals surface area contributed by atoms with Crippen molar-refractivity contribution in [2.45, 2.75) is 6.42 Å². The Balaban J connectivity index is 1.08. The summed E-state index contributed by atoms with van der Waals surface area (Å²) < 4.78 is 6.78. The molecule has 1 aromatic heterocycles. The van der Waals surface area contributed by atoms with Crippen molar-refractivity contribution in [2.24, 2.45) is 4.99 Å². The molecule has 0 saturated heterocycles. The van der Waals surface area contributed by atoms with E-state index in [0.29, 0.717) is 6.42 Å². The largest absolute Gasteiger partial charge is 0.455 e. The Hall–Kier alpha value is -7.55. The molecular formula is C56H37NO. The molecule has 0 saturated carbocycles. The van der Waals surface area contributed by atoms with Crippen LogP contribution in [0.15, 0.2) is 222 Å². The molecule has 10 aromatic rings. The average molecular weight is 740 g/mol. The van der Waals surface area contributed by atoms with Crippen molar-refractivity contribution in [3.05, 3.63) is 229 Å². The first-order chi connectivity index (χ1) is 28.7. The molecule has 11 rings (SSSR count). The van der Waals surface area contributed by atoms with E-state index in [1.165, 1.54) is 43.4 Å². The Labute approximate surface area is 337 Å². The lowest BCUT2D eigenvalue weighted by Crippen LogP contribution is -1.99. The van der Waals surface area contributed by atoms with E-state index in [9.17, 15) is 0 Å². The maximum atomic E-state index is 6.78. The van der Waals surface area contributed by atoms with Crippen LogP contribution in [0.5, 0.6) is 0 Å². The van der Waals surface area contributed by atoms with Crippen LogP contribution in [0.4, 0.5) is 0 Å². The molecule has 1 aliphatic heterocycles. The first kappa shape index (κ1) is 33.8. The fourth-order valence-corrected chi connectivity index (χ4v) is 8.94. The minimum Gasteiger partial charge on any atom is -0.455 e. The van der Waals surface area contributed by atoms with E-state index in [4.69, 9.17) is 9.41 Å². The van der Waals surface area contributed by atoms with E-state index >= 15 is 0 Å². The van der Waals surface area contributed by atoms with Crippen molar-refractivity contribution < 1.29 is 4.42 Å². The molecule has 2 heteroatoms. The molecule has 272 valence electrons. The Morgan fingerprint density at radius 1 is 0.431 bits per heavy atom. The van der Waals surface area contributed by atoms with E-state index in [1.54, 1.807) is 0 Å². The summed E-state index contributed by atoms with van der Waals surface area (Å²) in [4.78, 5) is 5.48. The van der Waals surface area contributed by atoms with Crippen LogP contribution >= 0.6 is 0 Å². The van der Waals surface area contributed by atoms with Crippen LogP contribution in [-0.4, -0.2) is 5.71 Å². The summed E-state index contributed by atoms with van der Waals surface area (Å²) in [7, 11) is 0. The molecule has 2 heterocycles. The highest BCUT2D eigenvalue weighted by Crippen LogP contribution is 2.42. The molecule has 0 unspecified atom stereocenters. The highest BCUT2D eigenvalue weighted by molar-refractivity contribution is 6.26. The number of furan rings is 1. The first-order valence-electron chi connectivity index (χ1n) is 19.9. The van der Waals surface area contributed by atoms with Crippen LogP contribution in [0, 0.1) is 0 Å². The van der Waals surface area contributed by atoms with Crippen molar-refractivity contribution in [2.75, 3.05) is 0 Å². The third-order valence-electron chi connectivity index (χ3n) is 11.7. The lowest BCUT2D eigenvalue weighted by Gasteiger charge is -2.14. The quantitative estimate of drug-likeness (QED) is 0.156. The smallest absolute Gasteiger partial charge is 0.143 e. The van der Waals surface area contributed by atoms with Crippen LogP contribution in [0.3, 0.4) is 0 Å². The zero-order chi connectivity index (χ0) is 38.6. The van der Waals surface area contributed by atoms with Crippen molar-refractivity contribution in [3.63, 3.8) is 0 Å². The third kappa shape index (κ3) is 5.61. The zero-order valence-electron chi connectivity index (χ0n) is 31.8. The second-order valence-electron chi connectivity index (χ2n) is 15.0. The van der Waals surface area contributed by atoms with Gasteiger partial charge in [0.25, 0.3) is 0 Å². The molecule has 2 nitrogen and oxygen atoms in total. The number of nitrogens with zero attached hydrogens (tertiary/aromatic N) is 1. The van der Waals surface area contributed by atoms with E-state index in [0.717, 1.165) is 72.3 Å². The summed E-state index contributed by atoms with van der Waals surface area (Å²) in [5.74, 6) is 0. The zero-order valence-corrected chi connectivity index (χ0v) is 31.8. The number of allylic oxidation sites excluding steroid dienone is 4. The predicted octanol–water partition coefficient (Wildman–Crippen LogP) is 15.3. The predicted molar refractivity (Wildman–Crippen MR) is 246 cm³/mol. The summed E-state index contributed by atoms with van der Waals surface area (Å²) in [6.07, 6.45) is 4.97. The van der Waals surface area contributed by atoms with Gasteiger partial charge in [-0.2, -0.15) is 0 Å². The molecule has 58 heavy (non-hydrogen) atoms. The number of para-hydroxylation sites is 1. The van der Waals surface area contributed by atoms with E-state index in [2.05, 4.69) is 201 Å². The monoisotopic (exact) mass is 739 g/mol. The highest BCUT2D eigenvalue weighted by Gasteiger charge is 2.21.